The average molecular weight is 296 g/mol. The summed E-state index contributed by atoms with van der Waals surface area (Å²) in [6.07, 6.45) is 3.15. The molecule has 0 bridgehead atoms. The standard InChI is InChI=1S/C15H24N2O2S/c1-3-13(14-5-4-10-20-14)16-12-6-8-17(9-7-12)15(18)11-19-2/h4-5,10,12-13,16H,3,6-9,11H2,1-2H3. The minimum Gasteiger partial charge on any atom is -0.375 e. The van der Waals surface area contributed by atoms with Gasteiger partial charge >= 0.3 is 0 Å². The van der Waals surface area contributed by atoms with Crippen LogP contribution in [0.25, 0.3) is 0 Å². The number of piperidine rings is 1. The van der Waals surface area contributed by atoms with Crippen molar-refractivity contribution >= 4 is 17.2 Å². The lowest BCUT2D eigenvalue weighted by Crippen LogP contribution is -2.46. The number of likely N-dealkylation sites (tertiary alicyclic amines) is 1. The predicted octanol–water partition coefficient (Wildman–Crippen LogP) is 2.43. The Kier molecular flexibility index (Phi) is 6.01. The third-order valence-electron chi connectivity index (χ3n) is 3.85. The van der Waals surface area contributed by atoms with E-state index >= 15 is 0 Å². The quantitative estimate of drug-likeness (QED) is 0.876. The lowest BCUT2D eigenvalue weighted by molar-refractivity contribution is -0.136. The summed E-state index contributed by atoms with van der Waals surface area (Å²) < 4.78 is 4.91. The van der Waals surface area contributed by atoms with Crippen molar-refractivity contribution in [2.75, 3.05) is 26.8 Å². The van der Waals surface area contributed by atoms with E-state index in [1.165, 1.54) is 4.88 Å². The van der Waals surface area contributed by atoms with Crippen molar-refractivity contribution in [1.29, 1.82) is 0 Å². The maximum Gasteiger partial charge on any atom is 0.248 e. The highest BCUT2D eigenvalue weighted by molar-refractivity contribution is 7.10. The van der Waals surface area contributed by atoms with Gasteiger partial charge in [0, 0.05) is 37.2 Å². The van der Waals surface area contributed by atoms with Gasteiger partial charge in [0.25, 0.3) is 0 Å². The van der Waals surface area contributed by atoms with Crippen LogP contribution in [0.15, 0.2) is 17.5 Å². The van der Waals surface area contributed by atoms with Crippen LogP contribution in [-0.4, -0.2) is 43.7 Å². The molecule has 1 aromatic heterocycles. The Morgan fingerprint density at radius 2 is 2.30 bits per heavy atom. The molecule has 4 nitrogen and oxygen atoms in total. The highest BCUT2D eigenvalue weighted by Gasteiger charge is 2.24. The van der Waals surface area contributed by atoms with Crippen molar-refractivity contribution < 1.29 is 9.53 Å². The first-order valence-electron chi connectivity index (χ1n) is 7.30. The number of thiophene rings is 1. The molecule has 1 unspecified atom stereocenters. The van der Waals surface area contributed by atoms with Crippen LogP contribution in [0.5, 0.6) is 0 Å². The molecular weight excluding hydrogens is 272 g/mol. The fourth-order valence-corrected chi connectivity index (χ4v) is 3.56. The second kappa shape index (κ2) is 7.76. The summed E-state index contributed by atoms with van der Waals surface area (Å²) in [7, 11) is 1.57. The predicted molar refractivity (Wildman–Crippen MR) is 82.0 cm³/mol. The van der Waals surface area contributed by atoms with Gasteiger partial charge in [-0.15, -0.1) is 11.3 Å². The van der Waals surface area contributed by atoms with Crippen LogP contribution in [0.2, 0.25) is 0 Å². The van der Waals surface area contributed by atoms with Gasteiger partial charge in [-0.1, -0.05) is 13.0 Å². The van der Waals surface area contributed by atoms with Crippen molar-refractivity contribution in [1.82, 2.24) is 10.2 Å². The molecular formula is C15H24N2O2S. The van der Waals surface area contributed by atoms with Crippen LogP contribution < -0.4 is 5.32 Å². The molecule has 5 heteroatoms. The molecule has 1 N–H and O–H groups in total. The molecule has 2 heterocycles. The monoisotopic (exact) mass is 296 g/mol. The van der Waals surface area contributed by atoms with Crippen molar-refractivity contribution in [3.8, 4) is 0 Å². The fourth-order valence-electron chi connectivity index (χ4n) is 2.69. The van der Waals surface area contributed by atoms with Crippen molar-refractivity contribution in [2.24, 2.45) is 0 Å². The molecule has 2 rings (SSSR count). The molecule has 0 radical (unpaired) electrons. The Balaban J connectivity index is 1.80. The van der Waals surface area contributed by atoms with Gasteiger partial charge in [0.1, 0.15) is 6.61 Å². The molecule has 20 heavy (non-hydrogen) atoms. The maximum absolute atomic E-state index is 11.8. The first-order chi connectivity index (χ1) is 9.74. The summed E-state index contributed by atoms with van der Waals surface area (Å²) in [6, 6.07) is 5.26. The second-order valence-electron chi connectivity index (χ2n) is 5.23. The maximum atomic E-state index is 11.8. The van der Waals surface area contributed by atoms with E-state index in [9.17, 15) is 4.79 Å². The van der Waals surface area contributed by atoms with E-state index in [2.05, 4.69) is 29.8 Å². The lowest BCUT2D eigenvalue weighted by Gasteiger charge is -2.34. The summed E-state index contributed by atoms with van der Waals surface area (Å²) in [5, 5.41) is 5.87. The number of ether oxygens (including phenoxy) is 1. The van der Waals surface area contributed by atoms with E-state index < -0.39 is 0 Å². The number of carbonyl (C=O) groups is 1. The smallest absolute Gasteiger partial charge is 0.248 e. The second-order valence-corrected chi connectivity index (χ2v) is 6.21. The Morgan fingerprint density at radius 1 is 1.55 bits per heavy atom. The first-order valence-corrected chi connectivity index (χ1v) is 8.18. The normalized spacial score (nSPS) is 18.2. The number of nitrogens with zero attached hydrogens (tertiary/aromatic N) is 1. The van der Waals surface area contributed by atoms with Crippen LogP contribution in [-0.2, 0) is 9.53 Å². The summed E-state index contributed by atoms with van der Waals surface area (Å²) in [5.74, 6) is 0.108. The summed E-state index contributed by atoms with van der Waals surface area (Å²) >= 11 is 1.81. The van der Waals surface area contributed by atoms with E-state index in [1.54, 1.807) is 7.11 Å². The number of methoxy groups -OCH3 is 1. The van der Waals surface area contributed by atoms with Gasteiger partial charge < -0.3 is 15.0 Å². The van der Waals surface area contributed by atoms with Crippen LogP contribution in [0.1, 0.15) is 37.1 Å². The van der Waals surface area contributed by atoms with Crippen LogP contribution >= 0.6 is 11.3 Å². The van der Waals surface area contributed by atoms with Gasteiger partial charge in [-0.25, -0.2) is 0 Å². The molecule has 1 aliphatic rings. The van der Waals surface area contributed by atoms with E-state index in [0.717, 1.165) is 32.4 Å². The Bertz CT molecular complexity index is 400. The summed E-state index contributed by atoms with van der Waals surface area (Å²) in [4.78, 5) is 15.1. The van der Waals surface area contributed by atoms with Gasteiger partial charge in [-0.3, -0.25) is 4.79 Å². The summed E-state index contributed by atoms with van der Waals surface area (Å²) in [6.45, 7) is 4.08. The molecule has 0 spiro atoms. The third-order valence-corrected chi connectivity index (χ3v) is 4.83. The van der Waals surface area contributed by atoms with Gasteiger partial charge in [-0.05, 0) is 30.7 Å². The molecule has 0 aliphatic carbocycles. The van der Waals surface area contributed by atoms with Gasteiger partial charge in [-0.2, -0.15) is 0 Å². The zero-order valence-electron chi connectivity index (χ0n) is 12.3. The first kappa shape index (κ1) is 15.5. The van der Waals surface area contributed by atoms with E-state index in [4.69, 9.17) is 4.74 Å². The van der Waals surface area contributed by atoms with E-state index in [-0.39, 0.29) is 12.5 Å². The van der Waals surface area contributed by atoms with E-state index in [1.807, 2.05) is 16.2 Å². The topological polar surface area (TPSA) is 41.6 Å². The number of carbonyl (C=O) groups excluding carboxylic acids is 1. The highest BCUT2D eigenvalue weighted by Crippen LogP contribution is 2.24. The molecule has 1 amide bonds. The zero-order chi connectivity index (χ0) is 14.4. The van der Waals surface area contributed by atoms with Crippen LogP contribution in [0, 0.1) is 0 Å². The molecule has 0 saturated carbocycles. The third kappa shape index (κ3) is 4.04. The van der Waals surface area contributed by atoms with Crippen LogP contribution in [0.3, 0.4) is 0 Å². The Morgan fingerprint density at radius 3 is 2.85 bits per heavy atom. The molecule has 112 valence electrons. The minimum atomic E-state index is 0.108. The number of rotatable bonds is 6. The number of amides is 1. The largest absolute Gasteiger partial charge is 0.375 e. The van der Waals surface area contributed by atoms with Gasteiger partial charge in [0.05, 0.1) is 0 Å². The van der Waals surface area contributed by atoms with Crippen molar-refractivity contribution in [3.05, 3.63) is 22.4 Å². The number of hydrogen-bond donors (Lipinski definition) is 1. The SMILES string of the molecule is CCC(NC1CCN(C(=O)COC)CC1)c1cccs1. The Labute approximate surface area is 125 Å². The Hall–Kier alpha value is -0.910. The zero-order valence-corrected chi connectivity index (χ0v) is 13.1. The van der Waals surface area contributed by atoms with Crippen molar-refractivity contribution in [2.45, 2.75) is 38.3 Å². The van der Waals surface area contributed by atoms with Crippen molar-refractivity contribution in [3.63, 3.8) is 0 Å². The molecule has 1 aromatic rings. The molecule has 0 aromatic carbocycles. The highest BCUT2D eigenvalue weighted by atomic mass is 32.1. The summed E-state index contributed by atoms with van der Waals surface area (Å²) in [5.41, 5.74) is 0. The van der Waals surface area contributed by atoms with Crippen LogP contribution in [0.4, 0.5) is 0 Å². The van der Waals surface area contributed by atoms with E-state index in [0.29, 0.717) is 12.1 Å². The molecule has 1 fully saturated rings. The average Bonchev–Trinajstić information content (AvgIpc) is 2.99. The molecule has 1 saturated heterocycles. The number of hydrogen-bond acceptors (Lipinski definition) is 4. The lowest BCUT2D eigenvalue weighted by atomic mass is 10.0. The minimum absolute atomic E-state index is 0.108. The molecule has 1 atom stereocenters. The fraction of sp³-hybridized carbons (Fsp3) is 0.667. The van der Waals surface area contributed by atoms with Gasteiger partial charge in [0.2, 0.25) is 5.91 Å². The molecule has 1 aliphatic heterocycles. The number of nitrogens with one attached hydrogen (secondary N) is 1. The van der Waals surface area contributed by atoms with Gasteiger partial charge in [0.15, 0.2) is 0 Å².